The van der Waals surface area contributed by atoms with Gasteiger partial charge in [-0.15, -0.1) is 0 Å². The summed E-state index contributed by atoms with van der Waals surface area (Å²) < 4.78 is 58.1. The number of rotatable bonds is 9. The van der Waals surface area contributed by atoms with Gasteiger partial charge in [-0.2, -0.15) is 12.7 Å². The lowest BCUT2D eigenvalue weighted by molar-refractivity contribution is -0.131. The molecule has 0 aliphatic carbocycles. The van der Waals surface area contributed by atoms with Crippen molar-refractivity contribution in [3.8, 4) is 22.6 Å². The number of oxazole rings is 1. The Balaban J connectivity index is 1.84. The van der Waals surface area contributed by atoms with Crippen molar-refractivity contribution < 1.29 is 30.2 Å². The molecule has 0 saturated heterocycles. The van der Waals surface area contributed by atoms with E-state index in [1.54, 1.807) is 12.1 Å². The molecule has 10 nitrogen and oxygen atoms in total. The monoisotopic (exact) mass is 493 g/mol. The average Bonchev–Trinajstić information content (AvgIpc) is 3.17. The Hall–Kier alpha value is -3.06. The molecule has 176 valence electrons. The van der Waals surface area contributed by atoms with E-state index in [1.807, 2.05) is 30.3 Å². The highest BCUT2D eigenvalue weighted by molar-refractivity contribution is 7.89. The van der Waals surface area contributed by atoms with Crippen LogP contribution in [0, 0.1) is 0 Å². The van der Waals surface area contributed by atoms with Gasteiger partial charge in [0.2, 0.25) is 10.0 Å². The summed E-state index contributed by atoms with van der Waals surface area (Å²) in [6.07, 6.45) is 0.671. The quantitative estimate of drug-likeness (QED) is 0.477. The highest BCUT2D eigenvalue weighted by atomic mass is 32.2. The zero-order valence-corrected chi connectivity index (χ0v) is 19.6. The van der Waals surface area contributed by atoms with Crippen LogP contribution in [0.4, 0.5) is 0 Å². The van der Waals surface area contributed by atoms with Crippen LogP contribution in [0.1, 0.15) is 19.2 Å². The van der Waals surface area contributed by atoms with Crippen molar-refractivity contribution in [2.24, 2.45) is 5.14 Å². The number of sulfonamides is 1. The maximum absolute atomic E-state index is 11.9. The van der Waals surface area contributed by atoms with Gasteiger partial charge in [0.1, 0.15) is 5.69 Å². The van der Waals surface area contributed by atoms with Gasteiger partial charge in [-0.3, -0.25) is 4.79 Å². The topological polar surface area (TPSA) is 150 Å². The van der Waals surface area contributed by atoms with Crippen molar-refractivity contribution >= 4 is 26.3 Å². The largest absolute Gasteiger partial charge is 0.440 e. The fourth-order valence-electron chi connectivity index (χ4n) is 3.03. The molecule has 2 aromatic carbocycles. The maximum atomic E-state index is 11.9. The van der Waals surface area contributed by atoms with Crippen LogP contribution in [0.15, 0.2) is 63.9 Å². The standard InChI is InChI=1S/C21H23N3O7S2/c1-15(25)31-33(28,29)24(2)14-6-9-19-23-20(16-7-4-3-5-8-16)21(30-19)17-10-12-18(13-11-17)32(22,26)27/h3-5,7-8,10-13H,6,9,14H2,1-2H3,(H2,22,26,27). The normalized spacial score (nSPS) is 12.1. The van der Waals surface area contributed by atoms with E-state index in [4.69, 9.17) is 9.56 Å². The zero-order chi connectivity index (χ0) is 24.2. The molecule has 0 aliphatic rings. The molecule has 0 saturated carbocycles. The van der Waals surface area contributed by atoms with Gasteiger partial charge in [-0.1, -0.05) is 30.3 Å². The third kappa shape index (κ3) is 6.26. The molecule has 1 aromatic heterocycles. The molecule has 2 N–H and O–H groups in total. The Morgan fingerprint density at radius 1 is 1.03 bits per heavy atom. The highest BCUT2D eigenvalue weighted by Gasteiger charge is 2.22. The number of carbonyl (C=O) groups excluding carboxylic acids is 1. The SMILES string of the molecule is CC(=O)OS(=O)(=O)N(C)CCCc1nc(-c2ccccc2)c(-c2ccc(S(N)(=O)=O)cc2)o1. The van der Waals surface area contributed by atoms with Crippen molar-refractivity contribution in [3.05, 3.63) is 60.5 Å². The number of benzene rings is 2. The Kier molecular flexibility index (Phi) is 7.32. The molecule has 0 unspecified atom stereocenters. The minimum absolute atomic E-state index is 0.0238. The second-order valence-electron chi connectivity index (χ2n) is 7.18. The van der Waals surface area contributed by atoms with Crippen LogP contribution in [0.2, 0.25) is 0 Å². The van der Waals surface area contributed by atoms with Crippen molar-refractivity contribution in [2.45, 2.75) is 24.7 Å². The van der Waals surface area contributed by atoms with Crippen LogP contribution in [0.3, 0.4) is 0 Å². The lowest BCUT2D eigenvalue weighted by Gasteiger charge is -2.14. The van der Waals surface area contributed by atoms with Crippen molar-refractivity contribution in [1.29, 1.82) is 0 Å². The Bertz CT molecular complexity index is 1330. The predicted octanol–water partition coefficient (Wildman–Crippen LogP) is 2.33. The lowest BCUT2D eigenvalue weighted by atomic mass is 10.1. The highest BCUT2D eigenvalue weighted by Crippen LogP contribution is 2.33. The molecule has 0 bridgehead atoms. The fraction of sp³-hybridized carbons (Fsp3) is 0.238. The van der Waals surface area contributed by atoms with Crippen molar-refractivity contribution in [3.63, 3.8) is 0 Å². The number of aromatic nitrogens is 1. The molecule has 3 aromatic rings. The van der Waals surface area contributed by atoms with E-state index in [1.165, 1.54) is 19.2 Å². The third-order valence-electron chi connectivity index (χ3n) is 4.63. The summed E-state index contributed by atoms with van der Waals surface area (Å²) in [4.78, 5) is 15.5. The van der Waals surface area contributed by atoms with Crippen molar-refractivity contribution in [2.75, 3.05) is 13.6 Å². The van der Waals surface area contributed by atoms with E-state index in [9.17, 15) is 21.6 Å². The van der Waals surface area contributed by atoms with Crippen LogP contribution in [-0.4, -0.2) is 45.7 Å². The van der Waals surface area contributed by atoms with Gasteiger partial charge in [0.05, 0.1) is 4.90 Å². The minimum Gasteiger partial charge on any atom is -0.440 e. The minimum atomic E-state index is -4.15. The van der Waals surface area contributed by atoms with Gasteiger partial charge < -0.3 is 8.60 Å². The third-order valence-corrected chi connectivity index (χ3v) is 6.95. The van der Waals surface area contributed by atoms with Crippen LogP contribution in [-0.2, 0) is 35.7 Å². The molecular weight excluding hydrogens is 470 g/mol. The summed E-state index contributed by atoms with van der Waals surface area (Å²) in [6.45, 7) is 1.09. The van der Waals surface area contributed by atoms with E-state index in [0.717, 1.165) is 16.8 Å². The van der Waals surface area contributed by atoms with Gasteiger partial charge in [-0.25, -0.2) is 18.5 Å². The Morgan fingerprint density at radius 2 is 1.67 bits per heavy atom. The summed E-state index contributed by atoms with van der Waals surface area (Å²) in [5.74, 6) is -0.101. The molecule has 0 atom stereocenters. The molecule has 0 radical (unpaired) electrons. The molecule has 0 amide bonds. The molecule has 12 heteroatoms. The van der Waals surface area contributed by atoms with Gasteiger partial charge in [0, 0.05) is 38.1 Å². The molecule has 0 spiro atoms. The number of hydrogen-bond acceptors (Lipinski definition) is 8. The zero-order valence-electron chi connectivity index (χ0n) is 18.0. The van der Waals surface area contributed by atoms with Crippen LogP contribution >= 0.6 is 0 Å². The molecule has 1 heterocycles. The Labute approximate surface area is 192 Å². The number of nitrogens with zero attached hydrogens (tertiary/aromatic N) is 2. The van der Waals surface area contributed by atoms with E-state index in [-0.39, 0.29) is 11.4 Å². The summed E-state index contributed by atoms with van der Waals surface area (Å²) in [5.41, 5.74) is 1.97. The molecule has 3 rings (SSSR count). The van der Waals surface area contributed by atoms with Crippen LogP contribution in [0.5, 0.6) is 0 Å². The first-order valence-corrected chi connectivity index (χ1v) is 12.7. The predicted molar refractivity (Wildman–Crippen MR) is 120 cm³/mol. The first-order valence-electron chi connectivity index (χ1n) is 9.82. The first-order chi connectivity index (χ1) is 15.5. The summed E-state index contributed by atoms with van der Waals surface area (Å²) in [7, 11) is -6.67. The van der Waals surface area contributed by atoms with E-state index in [0.29, 0.717) is 35.7 Å². The molecule has 33 heavy (non-hydrogen) atoms. The lowest BCUT2D eigenvalue weighted by Crippen LogP contribution is -2.31. The second-order valence-corrected chi connectivity index (χ2v) is 10.4. The smallest absolute Gasteiger partial charge is 0.387 e. The number of aryl methyl sites for hydroxylation is 1. The Morgan fingerprint density at radius 3 is 2.24 bits per heavy atom. The van der Waals surface area contributed by atoms with Gasteiger partial charge in [-0.05, 0) is 30.7 Å². The number of primary sulfonamides is 1. The number of hydrogen-bond donors (Lipinski definition) is 1. The fourth-order valence-corrected chi connectivity index (χ4v) is 4.32. The number of carbonyl (C=O) groups is 1. The molecule has 0 aliphatic heterocycles. The van der Waals surface area contributed by atoms with E-state index >= 15 is 0 Å². The summed E-state index contributed by atoms with van der Waals surface area (Å²) >= 11 is 0. The number of nitrogens with two attached hydrogens (primary N) is 1. The average molecular weight is 494 g/mol. The molecular formula is C21H23N3O7S2. The van der Waals surface area contributed by atoms with Crippen LogP contribution < -0.4 is 5.14 Å². The van der Waals surface area contributed by atoms with Crippen molar-refractivity contribution in [1.82, 2.24) is 9.29 Å². The van der Waals surface area contributed by atoms with Gasteiger partial charge in [0.25, 0.3) is 0 Å². The second kappa shape index (κ2) is 9.83. The van der Waals surface area contributed by atoms with E-state index < -0.39 is 26.3 Å². The summed E-state index contributed by atoms with van der Waals surface area (Å²) in [5, 5.41) is 5.17. The van der Waals surface area contributed by atoms with Gasteiger partial charge >= 0.3 is 16.3 Å². The van der Waals surface area contributed by atoms with Gasteiger partial charge in [0.15, 0.2) is 11.7 Å². The first kappa shape index (κ1) is 24.6. The maximum Gasteiger partial charge on any atom is 0.387 e. The van der Waals surface area contributed by atoms with Crippen LogP contribution in [0.25, 0.3) is 22.6 Å². The summed E-state index contributed by atoms with van der Waals surface area (Å²) in [6, 6.07) is 15.2. The molecule has 0 fully saturated rings. The van der Waals surface area contributed by atoms with E-state index in [2.05, 4.69) is 9.17 Å².